The van der Waals surface area contributed by atoms with Crippen LogP contribution in [0.5, 0.6) is 0 Å². The Labute approximate surface area is 174 Å². The Hall–Kier alpha value is -3.85. The molecular formula is C24H20N4O2. The lowest BCUT2D eigenvalue weighted by atomic mass is 9.71. The number of para-hydroxylation sites is 2. The predicted octanol–water partition coefficient (Wildman–Crippen LogP) is 3.10. The van der Waals surface area contributed by atoms with Crippen LogP contribution >= 0.6 is 0 Å². The summed E-state index contributed by atoms with van der Waals surface area (Å²) in [5.41, 5.74) is 3.99. The van der Waals surface area contributed by atoms with Crippen LogP contribution in [0.4, 0.5) is 11.5 Å². The van der Waals surface area contributed by atoms with Crippen molar-refractivity contribution in [3.8, 4) is 18.0 Å². The molecule has 2 aromatic carbocycles. The Morgan fingerprint density at radius 1 is 1.10 bits per heavy atom. The van der Waals surface area contributed by atoms with Crippen LogP contribution in [-0.2, 0) is 15.0 Å². The molecule has 1 aromatic heterocycles. The topological polar surface area (TPSA) is 67.2 Å². The summed E-state index contributed by atoms with van der Waals surface area (Å²) in [5.74, 6) is 2.72. The largest absolute Gasteiger partial charge is 0.310 e. The number of fused-ring (bicyclic) bond motifs is 4. The van der Waals surface area contributed by atoms with E-state index < -0.39 is 5.41 Å². The van der Waals surface area contributed by atoms with Gasteiger partial charge in [0.2, 0.25) is 11.8 Å². The van der Waals surface area contributed by atoms with Gasteiger partial charge in [0.1, 0.15) is 11.2 Å². The molecule has 3 aromatic rings. The van der Waals surface area contributed by atoms with Crippen LogP contribution in [0.25, 0.3) is 5.69 Å². The number of benzene rings is 2. The Balaban J connectivity index is 1.80. The van der Waals surface area contributed by atoms with E-state index in [1.165, 1.54) is 0 Å². The molecule has 3 heterocycles. The van der Waals surface area contributed by atoms with Crippen molar-refractivity contribution in [2.75, 3.05) is 16.8 Å². The molecule has 0 radical (unpaired) electrons. The van der Waals surface area contributed by atoms with Gasteiger partial charge in [-0.3, -0.25) is 14.5 Å². The lowest BCUT2D eigenvalue weighted by molar-refractivity contribution is -0.126. The van der Waals surface area contributed by atoms with Gasteiger partial charge >= 0.3 is 0 Å². The first-order chi connectivity index (χ1) is 14.5. The molecule has 1 unspecified atom stereocenters. The quantitative estimate of drug-likeness (QED) is 0.677. The van der Waals surface area contributed by atoms with E-state index in [1.807, 2.05) is 56.3 Å². The maximum absolute atomic E-state index is 13.8. The van der Waals surface area contributed by atoms with Crippen molar-refractivity contribution in [1.29, 1.82) is 0 Å². The number of anilines is 2. The maximum Gasteiger partial charge on any atom is 0.243 e. The first-order valence-corrected chi connectivity index (χ1v) is 9.79. The Kier molecular flexibility index (Phi) is 3.84. The molecule has 0 saturated carbocycles. The van der Waals surface area contributed by atoms with E-state index in [2.05, 4.69) is 16.3 Å². The van der Waals surface area contributed by atoms with Crippen molar-refractivity contribution < 1.29 is 9.59 Å². The van der Waals surface area contributed by atoms with E-state index in [4.69, 9.17) is 6.42 Å². The second kappa shape index (κ2) is 6.33. The van der Waals surface area contributed by atoms with Gasteiger partial charge in [-0.1, -0.05) is 42.3 Å². The monoisotopic (exact) mass is 396 g/mol. The first-order valence-electron chi connectivity index (χ1n) is 9.79. The van der Waals surface area contributed by atoms with Crippen molar-refractivity contribution in [3.63, 3.8) is 0 Å². The Bertz CT molecular complexity index is 1270. The molecule has 2 amide bonds. The molecule has 1 spiro atoms. The number of rotatable bonds is 2. The van der Waals surface area contributed by atoms with Gasteiger partial charge in [0.15, 0.2) is 0 Å². The lowest BCUT2D eigenvalue weighted by Crippen LogP contribution is -2.46. The smallest absolute Gasteiger partial charge is 0.243 e. The summed E-state index contributed by atoms with van der Waals surface area (Å²) in [7, 11) is 0. The van der Waals surface area contributed by atoms with Gasteiger partial charge < -0.3 is 5.32 Å². The Morgan fingerprint density at radius 2 is 1.87 bits per heavy atom. The number of terminal acetylenes is 1. The van der Waals surface area contributed by atoms with Gasteiger partial charge in [0.05, 0.1) is 24.1 Å². The SMILES string of the molecule is C#CCN1C(=O)C2(CC(=O)Nc3c2cnn3-c2ccccc2C)c2cccc(C)c21. The molecule has 6 heteroatoms. The molecule has 30 heavy (non-hydrogen) atoms. The normalized spacial score (nSPS) is 19.4. The number of hydrogen-bond donors (Lipinski definition) is 1. The number of hydrogen-bond acceptors (Lipinski definition) is 3. The first kappa shape index (κ1) is 18.2. The van der Waals surface area contributed by atoms with Crippen molar-refractivity contribution in [2.45, 2.75) is 25.7 Å². The molecule has 2 aliphatic rings. The minimum absolute atomic E-state index is 0.0236. The molecule has 1 atom stereocenters. The number of aryl methyl sites for hydroxylation is 2. The Morgan fingerprint density at radius 3 is 2.63 bits per heavy atom. The van der Waals surface area contributed by atoms with Crippen LogP contribution in [-0.4, -0.2) is 28.1 Å². The van der Waals surface area contributed by atoms with Gasteiger partial charge in [-0.05, 0) is 36.6 Å². The zero-order valence-corrected chi connectivity index (χ0v) is 16.8. The summed E-state index contributed by atoms with van der Waals surface area (Å²) in [5, 5.41) is 7.52. The minimum atomic E-state index is -1.13. The van der Waals surface area contributed by atoms with Gasteiger partial charge in [0, 0.05) is 12.0 Å². The second-order valence-electron chi connectivity index (χ2n) is 7.80. The third-order valence-corrected chi connectivity index (χ3v) is 6.08. The van der Waals surface area contributed by atoms with Gasteiger partial charge in [-0.2, -0.15) is 5.10 Å². The van der Waals surface area contributed by atoms with Gasteiger partial charge in [0.25, 0.3) is 0 Å². The zero-order valence-electron chi connectivity index (χ0n) is 16.8. The van der Waals surface area contributed by atoms with Gasteiger partial charge in [-0.15, -0.1) is 6.42 Å². The van der Waals surface area contributed by atoms with E-state index in [9.17, 15) is 9.59 Å². The van der Waals surface area contributed by atoms with Crippen LogP contribution in [0, 0.1) is 26.2 Å². The van der Waals surface area contributed by atoms with Crippen LogP contribution < -0.4 is 10.2 Å². The number of carbonyl (C=O) groups is 2. The van der Waals surface area contributed by atoms with Crippen molar-refractivity contribution in [2.24, 2.45) is 0 Å². The fraction of sp³-hybridized carbons (Fsp3) is 0.208. The van der Waals surface area contributed by atoms with Crippen molar-refractivity contribution >= 4 is 23.3 Å². The minimum Gasteiger partial charge on any atom is -0.310 e. The molecule has 5 rings (SSSR count). The summed E-state index contributed by atoms with van der Waals surface area (Å²) in [6, 6.07) is 13.6. The third-order valence-electron chi connectivity index (χ3n) is 6.08. The van der Waals surface area contributed by atoms with E-state index in [1.54, 1.807) is 15.8 Å². The fourth-order valence-electron chi connectivity index (χ4n) is 4.76. The fourth-order valence-corrected chi connectivity index (χ4v) is 4.76. The summed E-state index contributed by atoms with van der Waals surface area (Å²) in [6.45, 7) is 4.09. The molecule has 1 N–H and O–H groups in total. The summed E-state index contributed by atoms with van der Waals surface area (Å²) in [4.78, 5) is 28.3. The molecule has 148 valence electrons. The number of carbonyl (C=O) groups excluding carboxylic acids is 2. The number of nitrogens with one attached hydrogen (secondary N) is 1. The number of aromatic nitrogens is 2. The standard InChI is InChI=1S/C24H20N4O2/c1-4-12-27-21-16(3)9-7-10-17(21)24(23(27)30)13-20(29)26-22-18(24)14-25-28(22)19-11-6-5-8-15(19)2/h1,5-11,14H,12-13H2,2-3H3,(H,26,29). The van der Waals surface area contributed by atoms with E-state index in [0.717, 1.165) is 28.1 Å². The highest BCUT2D eigenvalue weighted by Crippen LogP contribution is 2.53. The van der Waals surface area contributed by atoms with E-state index in [0.29, 0.717) is 11.4 Å². The highest BCUT2D eigenvalue weighted by atomic mass is 16.2. The molecule has 6 nitrogen and oxygen atoms in total. The summed E-state index contributed by atoms with van der Waals surface area (Å²) >= 11 is 0. The molecule has 0 fully saturated rings. The average Bonchev–Trinajstić information content (AvgIpc) is 3.24. The number of nitrogens with zero attached hydrogens (tertiary/aromatic N) is 3. The average molecular weight is 396 g/mol. The van der Waals surface area contributed by atoms with Gasteiger partial charge in [-0.25, -0.2) is 4.68 Å². The van der Waals surface area contributed by atoms with Crippen LogP contribution in [0.3, 0.4) is 0 Å². The second-order valence-corrected chi connectivity index (χ2v) is 7.80. The molecular weight excluding hydrogens is 376 g/mol. The van der Waals surface area contributed by atoms with Crippen molar-refractivity contribution in [3.05, 3.63) is 70.9 Å². The highest BCUT2D eigenvalue weighted by Gasteiger charge is 2.57. The molecule has 0 bridgehead atoms. The van der Waals surface area contributed by atoms with E-state index >= 15 is 0 Å². The summed E-state index contributed by atoms with van der Waals surface area (Å²) < 4.78 is 1.70. The van der Waals surface area contributed by atoms with Crippen LogP contribution in [0.1, 0.15) is 28.7 Å². The zero-order chi connectivity index (χ0) is 21.0. The molecule has 0 aliphatic carbocycles. The lowest BCUT2D eigenvalue weighted by Gasteiger charge is -2.32. The van der Waals surface area contributed by atoms with Crippen molar-refractivity contribution in [1.82, 2.24) is 9.78 Å². The van der Waals surface area contributed by atoms with Crippen LogP contribution in [0.2, 0.25) is 0 Å². The molecule has 0 saturated heterocycles. The summed E-state index contributed by atoms with van der Waals surface area (Å²) in [6.07, 6.45) is 7.30. The van der Waals surface area contributed by atoms with E-state index in [-0.39, 0.29) is 24.8 Å². The molecule has 2 aliphatic heterocycles. The van der Waals surface area contributed by atoms with Crippen LogP contribution in [0.15, 0.2) is 48.7 Å². The number of amides is 2. The predicted molar refractivity (Wildman–Crippen MR) is 115 cm³/mol. The maximum atomic E-state index is 13.8. The third kappa shape index (κ3) is 2.23. The highest BCUT2D eigenvalue weighted by molar-refractivity contribution is 6.16.